The minimum absolute atomic E-state index is 0.0805. The second-order valence-electron chi connectivity index (χ2n) is 8.28. The quantitative estimate of drug-likeness (QED) is 0.773. The number of rotatable bonds is 5. The van der Waals surface area contributed by atoms with Gasteiger partial charge in [-0.3, -0.25) is 4.79 Å². The lowest BCUT2D eigenvalue weighted by Gasteiger charge is -2.42. The van der Waals surface area contributed by atoms with Crippen LogP contribution in [0.5, 0.6) is 0 Å². The molecule has 0 bridgehead atoms. The third-order valence-electron chi connectivity index (χ3n) is 6.17. The fraction of sp³-hybridized carbons (Fsp3) is 0.458. The molecule has 0 radical (unpaired) electrons. The van der Waals surface area contributed by atoms with Gasteiger partial charge in [0.15, 0.2) is 0 Å². The maximum absolute atomic E-state index is 13.1. The van der Waals surface area contributed by atoms with Crippen molar-refractivity contribution < 1.29 is 13.9 Å². The first kappa shape index (κ1) is 20.0. The minimum atomic E-state index is -0.229. The van der Waals surface area contributed by atoms with Crippen LogP contribution in [0.4, 0.5) is 4.39 Å². The molecule has 1 atom stereocenters. The molecule has 2 aliphatic heterocycles. The Balaban J connectivity index is 1.33. The van der Waals surface area contributed by atoms with Gasteiger partial charge in [0.05, 0.1) is 12.1 Å². The Morgan fingerprint density at radius 3 is 2.55 bits per heavy atom. The Hall–Kier alpha value is -2.24. The maximum Gasteiger partial charge on any atom is 0.248 e. The van der Waals surface area contributed by atoms with Gasteiger partial charge in [-0.2, -0.15) is 0 Å². The summed E-state index contributed by atoms with van der Waals surface area (Å²) < 4.78 is 19.2. The first-order valence-electron chi connectivity index (χ1n) is 10.5. The second-order valence-corrected chi connectivity index (χ2v) is 8.28. The monoisotopic (exact) mass is 396 g/mol. The van der Waals surface area contributed by atoms with Crippen molar-refractivity contribution in [1.82, 2.24) is 9.80 Å². The standard InChI is InChI=1S/C24H29FN2O2/c25-22-9-7-20(8-10-22)11-15-26-14-4-12-24(13-16-26)19-27(23(28)18-29-24)17-21-5-2-1-3-6-21/h1-3,5-10H,4,11-19H2. The van der Waals surface area contributed by atoms with E-state index < -0.39 is 0 Å². The summed E-state index contributed by atoms with van der Waals surface area (Å²) in [6.07, 6.45) is 3.91. The number of hydrogen-bond acceptors (Lipinski definition) is 3. The number of ether oxygens (including phenoxy) is 1. The summed E-state index contributed by atoms with van der Waals surface area (Å²) in [6, 6.07) is 17.0. The molecule has 2 fully saturated rings. The van der Waals surface area contributed by atoms with Crippen LogP contribution in [0.3, 0.4) is 0 Å². The fourth-order valence-electron chi connectivity index (χ4n) is 4.42. The molecule has 0 saturated carbocycles. The van der Waals surface area contributed by atoms with Gasteiger partial charge in [-0.1, -0.05) is 42.5 Å². The van der Waals surface area contributed by atoms with Crippen LogP contribution < -0.4 is 0 Å². The molecule has 2 aromatic carbocycles. The van der Waals surface area contributed by atoms with Crippen LogP contribution in [0, 0.1) is 5.82 Å². The summed E-state index contributed by atoms with van der Waals surface area (Å²) in [6.45, 7) is 4.48. The second kappa shape index (κ2) is 9.06. The van der Waals surface area contributed by atoms with Gasteiger partial charge < -0.3 is 14.5 Å². The molecule has 0 aliphatic carbocycles. The number of amides is 1. The van der Waals surface area contributed by atoms with Gasteiger partial charge in [0.2, 0.25) is 5.91 Å². The highest BCUT2D eigenvalue weighted by atomic mass is 19.1. The van der Waals surface area contributed by atoms with Crippen LogP contribution in [-0.2, 0) is 22.5 Å². The molecule has 5 heteroatoms. The Labute approximate surface area is 172 Å². The predicted molar refractivity (Wildman–Crippen MR) is 111 cm³/mol. The Kier molecular flexibility index (Phi) is 6.26. The van der Waals surface area contributed by atoms with Gasteiger partial charge in [-0.05, 0) is 55.5 Å². The zero-order chi connectivity index (χ0) is 20.1. The fourth-order valence-corrected chi connectivity index (χ4v) is 4.42. The molecule has 1 unspecified atom stereocenters. The highest BCUT2D eigenvalue weighted by Gasteiger charge is 2.40. The topological polar surface area (TPSA) is 32.8 Å². The van der Waals surface area contributed by atoms with Crippen molar-refractivity contribution in [3.8, 4) is 0 Å². The Morgan fingerprint density at radius 1 is 0.966 bits per heavy atom. The van der Waals surface area contributed by atoms with Gasteiger partial charge in [0.1, 0.15) is 12.4 Å². The van der Waals surface area contributed by atoms with E-state index in [-0.39, 0.29) is 23.9 Å². The number of carbonyl (C=O) groups is 1. The predicted octanol–water partition coefficient (Wildman–Crippen LogP) is 3.65. The lowest BCUT2D eigenvalue weighted by molar-refractivity contribution is -0.166. The average molecular weight is 397 g/mol. The Morgan fingerprint density at radius 2 is 1.76 bits per heavy atom. The van der Waals surface area contributed by atoms with E-state index in [0.29, 0.717) is 13.1 Å². The van der Waals surface area contributed by atoms with E-state index in [4.69, 9.17) is 4.74 Å². The highest BCUT2D eigenvalue weighted by molar-refractivity contribution is 5.78. The molecule has 2 saturated heterocycles. The van der Waals surface area contributed by atoms with Crippen molar-refractivity contribution in [2.45, 2.75) is 37.8 Å². The van der Waals surface area contributed by atoms with Gasteiger partial charge in [-0.15, -0.1) is 0 Å². The molecule has 1 spiro atoms. The van der Waals surface area contributed by atoms with Gasteiger partial charge >= 0.3 is 0 Å². The molecule has 4 nitrogen and oxygen atoms in total. The number of likely N-dealkylation sites (tertiary alicyclic amines) is 1. The van der Waals surface area contributed by atoms with Crippen LogP contribution >= 0.6 is 0 Å². The van der Waals surface area contributed by atoms with Gasteiger partial charge in [0, 0.05) is 19.6 Å². The lowest BCUT2D eigenvalue weighted by Crippen LogP contribution is -2.54. The molecule has 4 rings (SSSR count). The summed E-state index contributed by atoms with van der Waals surface area (Å²) in [7, 11) is 0. The van der Waals surface area contributed by atoms with E-state index >= 15 is 0 Å². The van der Waals surface area contributed by atoms with Gasteiger partial charge in [0.25, 0.3) is 0 Å². The van der Waals surface area contributed by atoms with Crippen molar-refractivity contribution in [2.75, 3.05) is 32.8 Å². The molecule has 0 aromatic heterocycles. The van der Waals surface area contributed by atoms with Crippen molar-refractivity contribution >= 4 is 5.91 Å². The molecule has 2 aliphatic rings. The number of morpholine rings is 1. The SMILES string of the molecule is O=C1COC2(CCCN(CCc3ccc(F)cc3)CC2)CN1Cc1ccccc1. The number of nitrogens with zero attached hydrogens (tertiary/aromatic N) is 2. The number of carbonyl (C=O) groups excluding carboxylic acids is 1. The van der Waals surface area contributed by atoms with Crippen LogP contribution in [0.2, 0.25) is 0 Å². The van der Waals surface area contributed by atoms with E-state index in [1.54, 1.807) is 0 Å². The average Bonchev–Trinajstić information content (AvgIpc) is 2.94. The van der Waals surface area contributed by atoms with Crippen LogP contribution in [-0.4, -0.2) is 54.1 Å². The number of hydrogen-bond donors (Lipinski definition) is 0. The van der Waals surface area contributed by atoms with E-state index in [9.17, 15) is 9.18 Å². The first-order valence-corrected chi connectivity index (χ1v) is 10.5. The summed E-state index contributed by atoms with van der Waals surface area (Å²) in [5.74, 6) is -0.105. The van der Waals surface area contributed by atoms with Crippen molar-refractivity contribution in [2.24, 2.45) is 0 Å². The van der Waals surface area contributed by atoms with Gasteiger partial charge in [-0.25, -0.2) is 4.39 Å². The summed E-state index contributed by atoms with van der Waals surface area (Å²) in [4.78, 5) is 16.9. The van der Waals surface area contributed by atoms with E-state index in [0.717, 1.165) is 50.9 Å². The van der Waals surface area contributed by atoms with Crippen molar-refractivity contribution in [3.63, 3.8) is 0 Å². The Bertz CT molecular complexity index is 811. The van der Waals surface area contributed by atoms with Crippen LogP contribution in [0.15, 0.2) is 54.6 Å². The molecule has 154 valence electrons. The van der Waals surface area contributed by atoms with E-state index in [1.165, 1.54) is 17.7 Å². The zero-order valence-electron chi connectivity index (χ0n) is 16.9. The molecule has 29 heavy (non-hydrogen) atoms. The largest absolute Gasteiger partial charge is 0.363 e. The highest BCUT2D eigenvalue weighted by Crippen LogP contribution is 2.31. The van der Waals surface area contributed by atoms with E-state index in [1.807, 2.05) is 35.2 Å². The summed E-state index contributed by atoms with van der Waals surface area (Å²) in [5.41, 5.74) is 2.10. The van der Waals surface area contributed by atoms with E-state index in [2.05, 4.69) is 17.0 Å². The molecule has 2 aromatic rings. The third kappa shape index (κ3) is 5.22. The summed E-state index contributed by atoms with van der Waals surface area (Å²) in [5, 5.41) is 0. The molecule has 2 heterocycles. The van der Waals surface area contributed by atoms with Crippen LogP contribution in [0.25, 0.3) is 0 Å². The lowest BCUT2D eigenvalue weighted by atomic mass is 9.92. The third-order valence-corrected chi connectivity index (χ3v) is 6.17. The molecule has 1 amide bonds. The van der Waals surface area contributed by atoms with Crippen molar-refractivity contribution in [1.29, 1.82) is 0 Å². The number of benzene rings is 2. The summed E-state index contributed by atoms with van der Waals surface area (Å²) >= 11 is 0. The number of halogens is 1. The maximum atomic E-state index is 13.1. The smallest absolute Gasteiger partial charge is 0.248 e. The molecule has 0 N–H and O–H groups in total. The van der Waals surface area contributed by atoms with Crippen molar-refractivity contribution in [3.05, 3.63) is 71.5 Å². The first-order chi connectivity index (χ1) is 14.1. The molecular formula is C24H29FN2O2. The minimum Gasteiger partial charge on any atom is -0.363 e. The normalized spacial score (nSPS) is 23.3. The zero-order valence-corrected chi connectivity index (χ0v) is 16.9. The van der Waals surface area contributed by atoms with Crippen LogP contribution in [0.1, 0.15) is 30.4 Å². The molecular weight excluding hydrogens is 367 g/mol.